The van der Waals surface area contributed by atoms with Crippen molar-refractivity contribution >= 4 is 5.95 Å². The van der Waals surface area contributed by atoms with Crippen molar-refractivity contribution in [3.63, 3.8) is 0 Å². The van der Waals surface area contributed by atoms with Crippen LogP contribution in [0.25, 0.3) is 0 Å². The van der Waals surface area contributed by atoms with Crippen LogP contribution in [0.1, 0.15) is 18.5 Å². The average Bonchev–Trinajstić information content (AvgIpc) is 2.39. The van der Waals surface area contributed by atoms with E-state index in [1.165, 1.54) is 0 Å². The van der Waals surface area contributed by atoms with E-state index in [1.807, 2.05) is 17.7 Å². The molecule has 0 radical (unpaired) electrons. The van der Waals surface area contributed by atoms with Crippen LogP contribution < -0.4 is 5.73 Å². The fraction of sp³-hybridized carbons (Fsp3) is 0.667. The van der Waals surface area contributed by atoms with Gasteiger partial charge in [0.1, 0.15) is 0 Å². The summed E-state index contributed by atoms with van der Waals surface area (Å²) in [6.45, 7) is 3.69. The normalized spacial score (nSPS) is 10.6. The molecule has 0 aromatic carbocycles. The molecule has 0 saturated heterocycles. The van der Waals surface area contributed by atoms with Crippen molar-refractivity contribution < 1.29 is 4.74 Å². The lowest BCUT2D eigenvalue weighted by Gasteiger charge is -2.03. The van der Waals surface area contributed by atoms with E-state index in [4.69, 9.17) is 10.5 Å². The molecule has 1 aromatic rings. The third kappa shape index (κ3) is 3.06. The molecule has 0 unspecified atom stereocenters. The van der Waals surface area contributed by atoms with E-state index in [9.17, 15) is 0 Å². The molecule has 74 valence electrons. The molecule has 4 heteroatoms. The van der Waals surface area contributed by atoms with Crippen LogP contribution in [0.15, 0.2) is 6.20 Å². The lowest BCUT2D eigenvalue weighted by atomic mass is 10.3. The minimum atomic E-state index is 0.606. The molecule has 0 aliphatic rings. The molecule has 1 aromatic heterocycles. The highest BCUT2D eigenvalue weighted by molar-refractivity contribution is 5.20. The minimum Gasteiger partial charge on any atom is -0.385 e. The Bertz CT molecular complexity index is 257. The number of nitrogen functional groups attached to an aromatic ring is 1. The van der Waals surface area contributed by atoms with Crippen molar-refractivity contribution in [2.24, 2.45) is 0 Å². The van der Waals surface area contributed by atoms with Gasteiger partial charge in [-0.25, -0.2) is 4.98 Å². The largest absolute Gasteiger partial charge is 0.385 e. The first-order valence-electron chi connectivity index (χ1n) is 4.52. The number of rotatable bonds is 5. The lowest BCUT2D eigenvalue weighted by molar-refractivity contribution is 0.191. The number of hydrogen-bond donors (Lipinski definition) is 1. The molecular formula is C9H17N3O. The molecule has 4 nitrogen and oxygen atoms in total. The van der Waals surface area contributed by atoms with Gasteiger partial charge >= 0.3 is 0 Å². The molecule has 13 heavy (non-hydrogen) atoms. The fourth-order valence-electron chi connectivity index (χ4n) is 1.27. The average molecular weight is 183 g/mol. The van der Waals surface area contributed by atoms with Crippen LogP contribution >= 0.6 is 0 Å². The predicted molar refractivity (Wildman–Crippen MR) is 52.5 cm³/mol. The zero-order valence-electron chi connectivity index (χ0n) is 8.29. The number of aromatic nitrogens is 2. The van der Waals surface area contributed by atoms with Crippen LogP contribution in [0.5, 0.6) is 0 Å². The van der Waals surface area contributed by atoms with Crippen LogP contribution in [-0.2, 0) is 11.3 Å². The van der Waals surface area contributed by atoms with Gasteiger partial charge in [0.15, 0.2) is 5.95 Å². The Labute approximate surface area is 78.7 Å². The number of hydrogen-bond acceptors (Lipinski definition) is 3. The third-order valence-corrected chi connectivity index (χ3v) is 1.93. The van der Waals surface area contributed by atoms with E-state index in [2.05, 4.69) is 4.98 Å². The van der Waals surface area contributed by atoms with Crippen molar-refractivity contribution in [1.82, 2.24) is 9.55 Å². The van der Waals surface area contributed by atoms with Gasteiger partial charge in [0.2, 0.25) is 0 Å². The summed E-state index contributed by atoms with van der Waals surface area (Å²) in [6.07, 6.45) is 4.11. The van der Waals surface area contributed by atoms with Gasteiger partial charge in [-0.3, -0.25) is 0 Å². The number of methoxy groups -OCH3 is 1. The Morgan fingerprint density at radius 2 is 2.31 bits per heavy atom. The summed E-state index contributed by atoms with van der Waals surface area (Å²) >= 11 is 0. The van der Waals surface area contributed by atoms with Crippen molar-refractivity contribution in [3.05, 3.63) is 11.9 Å². The summed E-state index contributed by atoms with van der Waals surface area (Å²) in [7, 11) is 1.72. The van der Waals surface area contributed by atoms with E-state index >= 15 is 0 Å². The third-order valence-electron chi connectivity index (χ3n) is 1.93. The molecule has 0 fully saturated rings. The van der Waals surface area contributed by atoms with E-state index < -0.39 is 0 Å². The van der Waals surface area contributed by atoms with E-state index in [0.717, 1.165) is 31.7 Å². The van der Waals surface area contributed by atoms with Crippen molar-refractivity contribution in [2.75, 3.05) is 19.5 Å². The van der Waals surface area contributed by atoms with E-state index in [1.54, 1.807) is 7.11 Å². The highest BCUT2D eigenvalue weighted by Crippen LogP contribution is 2.05. The van der Waals surface area contributed by atoms with Gasteiger partial charge in [-0.15, -0.1) is 0 Å². The van der Waals surface area contributed by atoms with E-state index in [-0.39, 0.29) is 0 Å². The summed E-state index contributed by atoms with van der Waals surface area (Å²) in [6, 6.07) is 0. The Hall–Kier alpha value is -1.03. The van der Waals surface area contributed by atoms with E-state index in [0.29, 0.717) is 5.95 Å². The maximum absolute atomic E-state index is 5.68. The second-order valence-corrected chi connectivity index (χ2v) is 3.13. The van der Waals surface area contributed by atoms with Crippen LogP contribution in [0.3, 0.4) is 0 Å². The topological polar surface area (TPSA) is 53.1 Å². The molecule has 0 amide bonds. The van der Waals surface area contributed by atoms with Crippen LogP contribution in [-0.4, -0.2) is 23.3 Å². The number of anilines is 1. The quantitative estimate of drug-likeness (QED) is 0.698. The number of ether oxygens (including phenoxy) is 1. The van der Waals surface area contributed by atoms with Crippen LogP contribution in [0.2, 0.25) is 0 Å². The van der Waals surface area contributed by atoms with Gasteiger partial charge in [0.05, 0.1) is 5.69 Å². The summed E-state index contributed by atoms with van der Waals surface area (Å²) in [5.74, 6) is 0.606. The zero-order chi connectivity index (χ0) is 9.68. The van der Waals surface area contributed by atoms with Gasteiger partial charge in [-0.1, -0.05) is 0 Å². The smallest absolute Gasteiger partial charge is 0.200 e. The Balaban J connectivity index is 2.32. The maximum atomic E-state index is 5.68. The van der Waals surface area contributed by atoms with Gasteiger partial charge < -0.3 is 15.0 Å². The molecule has 1 heterocycles. The first-order chi connectivity index (χ1) is 6.24. The van der Waals surface area contributed by atoms with Crippen LogP contribution in [0.4, 0.5) is 5.95 Å². The molecule has 1 rings (SSSR count). The number of imidazole rings is 1. The molecule has 0 saturated carbocycles. The van der Waals surface area contributed by atoms with Gasteiger partial charge in [0.25, 0.3) is 0 Å². The maximum Gasteiger partial charge on any atom is 0.200 e. The van der Waals surface area contributed by atoms with Crippen molar-refractivity contribution in [2.45, 2.75) is 26.3 Å². The summed E-state index contributed by atoms with van der Waals surface area (Å²) in [5, 5.41) is 0. The number of nitrogens with zero attached hydrogens (tertiary/aromatic N) is 2. The van der Waals surface area contributed by atoms with Gasteiger partial charge in [-0.05, 0) is 19.8 Å². The number of nitrogens with two attached hydrogens (primary N) is 1. The molecule has 0 aliphatic heterocycles. The molecule has 0 bridgehead atoms. The molecule has 0 atom stereocenters. The van der Waals surface area contributed by atoms with Crippen molar-refractivity contribution in [3.8, 4) is 0 Å². The monoisotopic (exact) mass is 183 g/mol. The van der Waals surface area contributed by atoms with Gasteiger partial charge in [0, 0.05) is 26.5 Å². The summed E-state index contributed by atoms with van der Waals surface area (Å²) < 4.78 is 6.94. The second-order valence-electron chi connectivity index (χ2n) is 3.13. The summed E-state index contributed by atoms with van der Waals surface area (Å²) in [5.41, 5.74) is 6.65. The second kappa shape index (κ2) is 4.87. The molecular weight excluding hydrogens is 166 g/mol. The SMILES string of the molecule is COCCCCn1cc(C)nc1N. The molecule has 0 spiro atoms. The molecule has 2 N–H and O–H groups in total. The first-order valence-corrected chi connectivity index (χ1v) is 4.52. The fourth-order valence-corrected chi connectivity index (χ4v) is 1.27. The highest BCUT2D eigenvalue weighted by atomic mass is 16.5. The first kappa shape index (κ1) is 10.1. The Morgan fingerprint density at radius 1 is 1.54 bits per heavy atom. The standard InChI is InChI=1S/C9H17N3O/c1-8-7-12(9(10)11-8)5-3-4-6-13-2/h7H,3-6H2,1-2H3,(H2,10,11). The van der Waals surface area contributed by atoms with Crippen LogP contribution in [0, 0.1) is 6.92 Å². The molecule has 0 aliphatic carbocycles. The number of unbranched alkanes of at least 4 members (excludes halogenated alkanes) is 1. The van der Waals surface area contributed by atoms with Crippen molar-refractivity contribution in [1.29, 1.82) is 0 Å². The lowest BCUT2D eigenvalue weighted by Crippen LogP contribution is -2.03. The predicted octanol–water partition coefficient (Wildman–Crippen LogP) is 1.20. The zero-order valence-corrected chi connectivity index (χ0v) is 8.29. The summed E-state index contributed by atoms with van der Waals surface area (Å²) in [4.78, 5) is 4.12. The Morgan fingerprint density at radius 3 is 2.85 bits per heavy atom. The number of aryl methyl sites for hydroxylation is 2. The minimum absolute atomic E-state index is 0.606. The Kier molecular flexibility index (Phi) is 3.76. The van der Waals surface area contributed by atoms with Gasteiger partial charge in [-0.2, -0.15) is 0 Å². The highest BCUT2D eigenvalue weighted by Gasteiger charge is 1.99.